The van der Waals surface area contributed by atoms with Crippen LogP contribution in [0.15, 0.2) is 47.6 Å². The number of aldehydes is 1. The molecule has 0 aliphatic carbocycles. The number of rotatable bonds is 6. The number of primary amides is 1. The second-order valence-corrected chi connectivity index (χ2v) is 3.77. The number of carbonyl (C=O) groups is 3. The van der Waals surface area contributed by atoms with Gasteiger partial charge >= 0.3 is 0 Å². The van der Waals surface area contributed by atoms with Crippen LogP contribution in [0.4, 0.5) is 0 Å². The SMILES string of the molecule is C/C(=C\C(C=O)=C(/NC=O)c1ccccc1)C(N)=O. The van der Waals surface area contributed by atoms with Crippen LogP contribution < -0.4 is 11.1 Å². The van der Waals surface area contributed by atoms with Gasteiger partial charge in [0.05, 0.1) is 5.70 Å². The van der Waals surface area contributed by atoms with Crippen LogP contribution in [0.25, 0.3) is 5.70 Å². The molecule has 5 heteroatoms. The van der Waals surface area contributed by atoms with E-state index in [0.29, 0.717) is 24.0 Å². The fourth-order valence-corrected chi connectivity index (χ4v) is 1.47. The molecule has 19 heavy (non-hydrogen) atoms. The third-order valence-electron chi connectivity index (χ3n) is 2.44. The zero-order valence-corrected chi connectivity index (χ0v) is 10.4. The van der Waals surface area contributed by atoms with E-state index in [4.69, 9.17) is 5.73 Å². The molecule has 0 saturated carbocycles. The van der Waals surface area contributed by atoms with E-state index in [0.717, 1.165) is 0 Å². The van der Waals surface area contributed by atoms with Crippen LogP contribution in [0.5, 0.6) is 0 Å². The maximum atomic E-state index is 11.1. The van der Waals surface area contributed by atoms with Gasteiger partial charge in [-0.25, -0.2) is 0 Å². The van der Waals surface area contributed by atoms with Crippen molar-refractivity contribution in [3.8, 4) is 0 Å². The van der Waals surface area contributed by atoms with Gasteiger partial charge in [-0.1, -0.05) is 30.3 Å². The van der Waals surface area contributed by atoms with Gasteiger partial charge in [0.2, 0.25) is 12.3 Å². The summed E-state index contributed by atoms with van der Waals surface area (Å²) in [7, 11) is 0. The van der Waals surface area contributed by atoms with Crippen molar-refractivity contribution in [1.29, 1.82) is 0 Å². The average Bonchev–Trinajstić information content (AvgIpc) is 2.43. The molecule has 0 bridgehead atoms. The summed E-state index contributed by atoms with van der Waals surface area (Å²) in [5.41, 5.74) is 6.50. The summed E-state index contributed by atoms with van der Waals surface area (Å²) in [6.45, 7) is 1.50. The van der Waals surface area contributed by atoms with Crippen molar-refractivity contribution in [1.82, 2.24) is 5.32 Å². The predicted octanol–water partition coefficient (Wildman–Crippen LogP) is 0.774. The van der Waals surface area contributed by atoms with Crippen LogP contribution >= 0.6 is 0 Å². The van der Waals surface area contributed by atoms with Gasteiger partial charge in [0, 0.05) is 11.1 Å². The molecule has 98 valence electrons. The molecular weight excluding hydrogens is 244 g/mol. The average molecular weight is 258 g/mol. The number of nitrogens with two attached hydrogens (primary N) is 1. The molecule has 0 aromatic heterocycles. The highest BCUT2D eigenvalue weighted by molar-refractivity contribution is 5.98. The Labute approximate surface area is 110 Å². The zero-order valence-electron chi connectivity index (χ0n) is 10.4. The third-order valence-corrected chi connectivity index (χ3v) is 2.44. The summed E-state index contributed by atoms with van der Waals surface area (Å²) < 4.78 is 0. The van der Waals surface area contributed by atoms with E-state index in [9.17, 15) is 14.4 Å². The molecule has 0 saturated heterocycles. The van der Waals surface area contributed by atoms with Crippen LogP contribution in [0.2, 0.25) is 0 Å². The van der Waals surface area contributed by atoms with Gasteiger partial charge in [0.1, 0.15) is 0 Å². The number of carbonyl (C=O) groups excluding carboxylic acids is 3. The normalized spacial score (nSPS) is 12.4. The summed E-state index contributed by atoms with van der Waals surface area (Å²) in [6.07, 6.45) is 2.37. The Morgan fingerprint density at radius 1 is 1.21 bits per heavy atom. The minimum atomic E-state index is -0.627. The molecule has 1 aromatic carbocycles. The molecule has 0 atom stereocenters. The standard InChI is InChI=1S/C14H14N2O3/c1-10(14(15)19)7-12(8-17)13(16-9-18)11-5-3-2-4-6-11/h2-9H,1H3,(H2,15,19)(H,16,18)/b10-7+,13-12+. The van der Waals surface area contributed by atoms with Crippen LogP contribution in [0, 0.1) is 0 Å². The van der Waals surface area contributed by atoms with Gasteiger partial charge in [-0.2, -0.15) is 0 Å². The van der Waals surface area contributed by atoms with Crippen molar-refractivity contribution < 1.29 is 14.4 Å². The fraction of sp³-hybridized carbons (Fsp3) is 0.0714. The third kappa shape index (κ3) is 3.92. The number of hydrogen-bond donors (Lipinski definition) is 2. The summed E-state index contributed by atoms with van der Waals surface area (Å²) >= 11 is 0. The Hall–Kier alpha value is -2.69. The summed E-state index contributed by atoms with van der Waals surface area (Å²) in [4.78, 5) is 32.8. The minimum absolute atomic E-state index is 0.176. The van der Waals surface area contributed by atoms with Gasteiger partial charge < -0.3 is 11.1 Å². The first-order valence-corrected chi connectivity index (χ1v) is 5.53. The number of hydrogen-bond acceptors (Lipinski definition) is 3. The van der Waals surface area contributed by atoms with Crippen molar-refractivity contribution in [2.75, 3.05) is 0 Å². The first-order chi connectivity index (χ1) is 9.10. The molecule has 0 heterocycles. The molecular formula is C14H14N2O3. The highest BCUT2D eigenvalue weighted by Gasteiger charge is 2.08. The molecule has 0 aliphatic rings. The van der Waals surface area contributed by atoms with Crippen molar-refractivity contribution >= 4 is 24.3 Å². The molecule has 0 radical (unpaired) electrons. The smallest absolute Gasteiger partial charge is 0.244 e. The van der Waals surface area contributed by atoms with Gasteiger partial charge in [-0.05, 0) is 18.6 Å². The van der Waals surface area contributed by atoms with E-state index in [1.54, 1.807) is 24.3 Å². The summed E-state index contributed by atoms with van der Waals surface area (Å²) in [5, 5.41) is 2.47. The van der Waals surface area contributed by atoms with E-state index in [-0.39, 0.29) is 11.1 Å². The Kier molecular flexibility index (Phi) is 5.22. The van der Waals surface area contributed by atoms with E-state index in [1.807, 2.05) is 6.07 Å². The van der Waals surface area contributed by atoms with Crippen LogP contribution in [0.1, 0.15) is 12.5 Å². The van der Waals surface area contributed by atoms with E-state index >= 15 is 0 Å². The molecule has 2 amide bonds. The number of amides is 2. The summed E-state index contributed by atoms with van der Waals surface area (Å²) in [5.74, 6) is -0.627. The van der Waals surface area contributed by atoms with Crippen molar-refractivity contribution in [3.63, 3.8) is 0 Å². The van der Waals surface area contributed by atoms with Gasteiger partial charge in [0.15, 0.2) is 6.29 Å². The molecule has 1 rings (SSSR count). The Morgan fingerprint density at radius 3 is 2.32 bits per heavy atom. The first-order valence-electron chi connectivity index (χ1n) is 5.53. The van der Waals surface area contributed by atoms with Crippen LogP contribution in [-0.4, -0.2) is 18.6 Å². The Morgan fingerprint density at radius 2 is 1.84 bits per heavy atom. The van der Waals surface area contributed by atoms with E-state index in [1.165, 1.54) is 13.0 Å². The van der Waals surface area contributed by atoms with Crippen molar-refractivity contribution in [2.24, 2.45) is 5.73 Å². The fourth-order valence-electron chi connectivity index (χ4n) is 1.47. The van der Waals surface area contributed by atoms with Crippen LogP contribution in [-0.2, 0) is 14.4 Å². The molecule has 5 nitrogen and oxygen atoms in total. The Bertz CT molecular complexity index is 545. The topological polar surface area (TPSA) is 89.3 Å². The number of allylic oxidation sites excluding steroid dienone is 2. The van der Waals surface area contributed by atoms with Gasteiger partial charge in [-0.3, -0.25) is 14.4 Å². The quantitative estimate of drug-likeness (QED) is 0.449. The summed E-state index contributed by atoms with van der Waals surface area (Å²) in [6, 6.07) is 8.84. The zero-order chi connectivity index (χ0) is 14.3. The van der Waals surface area contributed by atoms with Crippen LogP contribution in [0.3, 0.4) is 0 Å². The monoisotopic (exact) mass is 258 g/mol. The maximum absolute atomic E-state index is 11.1. The molecule has 0 spiro atoms. The number of nitrogens with one attached hydrogen (secondary N) is 1. The van der Waals surface area contributed by atoms with E-state index in [2.05, 4.69) is 5.32 Å². The lowest BCUT2D eigenvalue weighted by atomic mass is 10.0. The number of benzene rings is 1. The Balaban J connectivity index is 3.37. The second kappa shape index (κ2) is 6.90. The lowest BCUT2D eigenvalue weighted by Crippen LogP contribution is -2.14. The molecule has 3 N–H and O–H groups in total. The first kappa shape index (κ1) is 14.4. The molecule has 0 unspecified atom stereocenters. The molecule has 0 aliphatic heterocycles. The largest absolute Gasteiger partial charge is 0.366 e. The lowest BCUT2D eigenvalue weighted by molar-refractivity contribution is -0.114. The van der Waals surface area contributed by atoms with Gasteiger partial charge in [-0.15, -0.1) is 0 Å². The predicted molar refractivity (Wildman–Crippen MR) is 71.6 cm³/mol. The maximum Gasteiger partial charge on any atom is 0.244 e. The molecule has 1 aromatic rings. The second-order valence-electron chi connectivity index (χ2n) is 3.77. The van der Waals surface area contributed by atoms with Crippen molar-refractivity contribution in [3.05, 3.63) is 53.1 Å². The highest BCUT2D eigenvalue weighted by Crippen LogP contribution is 2.16. The van der Waals surface area contributed by atoms with Crippen molar-refractivity contribution in [2.45, 2.75) is 6.92 Å². The van der Waals surface area contributed by atoms with E-state index < -0.39 is 5.91 Å². The van der Waals surface area contributed by atoms with Gasteiger partial charge in [0.25, 0.3) is 0 Å². The lowest BCUT2D eigenvalue weighted by Gasteiger charge is -2.08. The molecule has 0 fully saturated rings. The minimum Gasteiger partial charge on any atom is -0.366 e. The highest BCUT2D eigenvalue weighted by atomic mass is 16.1.